The van der Waals surface area contributed by atoms with Crippen molar-refractivity contribution in [2.45, 2.75) is 46.0 Å². The second kappa shape index (κ2) is 9.82. The summed E-state index contributed by atoms with van der Waals surface area (Å²) in [5.41, 5.74) is 0.888. The Kier molecular flexibility index (Phi) is 7.36. The van der Waals surface area contributed by atoms with Crippen LogP contribution in [0.3, 0.4) is 0 Å². The number of pyridine rings is 1. The van der Waals surface area contributed by atoms with Gasteiger partial charge in [0, 0.05) is 32.3 Å². The van der Waals surface area contributed by atoms with E-state index in [-0.39, 0.29) is 0 Å². The zero-order valence-electron chi connectivity index (χ0n) is 14.3. The van der Waals surface area contributed by atoms with E-state index in [0.29, 0.717) is 0 Å². The number of guanidine groups is 1. The maximum atomic E-state index is 4.62. The van der Waals surface area contributed by atoms with Gasteiger partial charge < -0.3 is 10.6 Å². The third kappa shape index (κ3) is 5.54. The van der Waals surface area contributed by atoms with Gasteiger partial charge in [0.2, 0.25) is 0 Å². The summed E-state index contributed by atoms with van der Waals surface area (Å²) in [5, 5.41) is 15.1. The van der Waals surface area contributed by atoms with Crippen LogP contribution < -0.4 is 10.6 Å². The van der Waals surface area contributed by atoms with E-state index < -0.39 is 0 Å². The minimum atomic E-state index is 0.788. The number of rotatable bonds is 9. The number of hydrogen-bond acceptors (Lipinski definition) is 3. The first-order valence-corrected chi connectivity index (χ1v) is 8.66. The summed E-state index contributed by atoms with van der Waals surface area (Å²) in [6.07, 6.45) is 7.77. The van der Waals surface area contributed by atoms with Gasteiger partial charge in [0.25, 0.3) is 0 Å². The highest BCUT2D eigenvalue weighted by molar-refractivity contribution is 5.79. The summed E-state index contributed by atoms with van der Waals surface area (Å²) >= 11 is 0. The van der Waals surface area contributed by atoms with Crippen LogP contribution >= 0.6 is 0 Å². The first-order valence-electron chi connectivity index (χ1n) is 8.66. The number of fused-ring (bicyclic) bond motifs is 1. The minimum absolute atomic E-state index is 0.788. The van der Waals surface area contributed by atoms with Gasteiger partial charge in [-0.25, -0.2) is 0 Å². The predicted octanol–water partition coefficient (Wildman–Crippen LogP) is 2.41. The summed E-state index contributed by atoms with van der Waals surface area (Å²) in [6.45, 7) is 6.84. The van der Waals surface area contributed by atoms with Crippen molar-refractivity contribution in [3.05, 3.63) is 30.2 Å². The van der Waals surface area contributed by atoms with Crippen LogP contribution in [0, 0.1) is 0 Å². The zero-order valence-corrected chi connectivity index (χ0v) is 14.3. The Morgan fingerprint density at radius 3 is 2.87 bits per heavy atom. The Morgan fingerprint density at radius 1 is 1.13 bits per heavy atom. The lowest BCUT2D eigenvalue weighted by Gasteiger charge is -2.10. The molecule has 0 aliphatic carbocycles. The molecule has 2 rings (SSSR count). The van der Waals surface area contributed by atoms with E-state index in [2.05, 4.69) is 39.7 Å². The molecular weight excluding hydrogens is 288 g/mol. The fourth-order valence-electron chi connectivity index (χ4n) is 2.43. The smallest absolute Gasteiger partial charge is 0.191 e. The van der Waals surface area contributed by atoms with E-state index in [9.17, 15) is 0 Å². The van der Waals surface area contributed by atoms with Crippen molar-refractivity contribution < 1.29 is 0 Å². The maximum Gasteiger partial charge on any atom is 0.191 e. The molecular formula is C17H28N6. The van der Waals surface area contributed by atoms with Gasteiger partial charge in [-0.05, 0) is 25.5 Å². The lowest BCUT2D eigenvalue weighted by atomic mass is 10.2. The summed E-state index contributed by atoms with van der Waals surface area (Å²) in [6, 6.07) is 5.93. The highest BCUT2D eigenvalue weighted by Crippen LogP contribution is 2.03. The van der Waals surface area contributed by atoms with Crippen LogP contribution in [0.25, 0.3) is 5.65 Å². The molecule has 2 N–H and O–H groups in total. The van der Waals surface area contributed by atoms with Gasteiger partial charge in [-0.2, -0.15) is 0 Å². The Labute approximate surface area is 138 Å². The Hall–Kier alpha value is -2.11. The molecule has 126 valence electrons. The molecule has 0 aliphatic rings. The third-order valence-corrected chi connectivity index (χ3v) is 3.65. The Bertz CT molecular complexity index is 604. The summed E-state index contributed by atoms with van der Waals surface area (Å²) in [5.74, 6) is 1.85. The number of aliphatic imine (C=N–C) groups is 1. The quantitative estimate of drug-likeness (QED) is 0.423. The molecule has 0 aliphatic heterocycles. The number of nitrogens with zero attached hydrogens (tertiary/aromatic N) is 4. The molecule has 0 radical (unpaired) electrons. The Balaban J connectivity index is 1.80. The standard InChI is InChI=1S/C17H28N6/c1-3-5-6-8-12-19-17(18-4-2)20-13-11-16-22-21-15-10-7-9-14-23(15)16/h7,9-10,14H,3-6,8,11-13H2,1-2H3,(H2,18,19,20). The number of aromatic nitrogens is 3. The van der Waals surface area contributed by atoms with Crippen molar-refractivity contribution in [1.82, 2.24) is 25.2 Å². The molecule has 0 saturated carbocycles. The van der Waals surface area contributed by atoms with Crippen molar-refractivity contribution >= 4 is 11.6 Å². The topological polar surface area (TPSA) is 66.6 Å². The summed E-state index contributed by atoms with van der Waals surface area (Å²) in [7, 11) is 0. The molecule has 0 saturated heterocycles. The summed E-state index contributed by atoms with van der Waals surface area (Å²) in [4.78, 5) is 4.62. The van der Waals surface area contributed by atoms with Crippen molar-refractivity contribution in [2.24, 2.45) is 4.99 Å². The SMILES string of the molecule is CCCCCCN=C(NCC)NCCc1nnc2ccccn12. The average Bonchev–Trinajstić information content (AvgIpc) is 2.98. The van der Waals surface area contributed by atoms with E-state index >= 15 is 0 Å². The highest BCUT2D eigenvalue weighted by atomic mass is 15.2. The normalized spacial score (nSPS) is 11.8. The molecule has 0 spiro atoms. The van der Waals surface area contributed by atoms with Gasteiger partial charge in [-0.3, -0.25) is 9.39 Å². The van der Waals surface area contributed by atoms with Crippen LogP contribution in [0.1, 0.15) is 45.4 Å². The van der Waals surface area contributed by atoms with Crippen LogP contribution in [-0.2, 0) is 6.42 Å². The first-order chi connectivity index (χ1) is 11.3. The molecule has 23 heavy (non-hydrogen) atoms. The van der Waals surface area contributed by atoms with E-state index in [1.165, 1.54) is 19.3 Å². The highest BCUT2D eigenvalue weighted by Gasteiger charge is 2.04. The van der Waals surface area contributed by atoms with Gasteiger partial charge in [0.05, 0.1) is 0 Å². The molecule has 0 unspecified atom stereocenters. The zero-order chi connectivity index (χ0) is 16.3. The second-order valence-electron chi connectivity index (χ2n) is 5.54. The second-order valence-corrected chi connectivity index (χ2v) is 5.54. The van der Waals surface area contributed by atoms with E-state index in [1.54, 1.807) is 0 Å². The van der Waals surface area contributed by atoms with Crippen molar-refractivity contribution in [2.75, 3.05) is 19.6 Å². The molecule has 0 amide bonds. The maximum absolute atomic E-state index is 4.62. The largest absolute Gasteiger partial charge is 0.357 e. The fraction of sp³-hybridized carbons (Fsp3) is 0.588. The van der Waals surface area contributed by atoms with Crippen LogP contribution in [-0.4, -0.2) is 40.2 Å². The predicted molar refractivity (Wildman–Crippen MR) is 94.8 cm³/mol. The average molecular weight is 316 g/mol. The first kappa shape index (κ1) is 17.2. The van der Waals surface area contributed by atoms with Gasteiger partial charge in [0.1, 0.15) is 5.82 Å². The van der Waals surface area contributed by atoms with Crippen molar-refractivity contribution in [1.29, 1.82) is 0 Å². The number of nitrogens with one attached hydrogen (secondary N) is 2. The fourth-order valence-corrected chi connectivity index (χ4v) is 2.43. The lowest BCUT2D eigenvalue weighted by molar-refractivity contribution is 0.670. The minimum Gasteiger partial charge on any atom is -0.357 e. The molecule has 0 fully saturated rings. The van der Waals surface area contributed by atoms with Gasteiger partial charge in [0.15, 0.2) is 11.6 Å². The number of unbranched alkanes of at least 4 members (excludes halogenated alkanes) is 3. The summed E-state index contributed by atoms with van der Waals surface area (Å²) < 4.78 is 2.02. The van der Waals surface area contributed by atoms with Gasteiger partial charge in [-0.1, -0.05) is 32.3 Å². The Morgan fingerprint density at radius 2 is 2.04 bits per heavy atom. The van der Waals surface area contributed by atoms with Crippen LogP contribution in [0.15, 0.2) is 29.4 Å². The van der Waals surface area contributed by atoms with Crippen LogP contribution in [0.5, 0.6) is 0 Å². The molecule has 0 bridgehead atoms. The van der Waals surface area contributed by atoms with Crippen LogP contribution in [0.2, 0.25) is 0 Å². The van der Waals surface area contributed by atoms with E-state index in [1.807, 2.05) is 28.8 Å². The van der Waals surface area contributed by atoms with Gasteiger partial charge in [-0.15, -0.1) is 10.2 Å². The molecule has 2 aromatic rings. The van der Waals surface area contributed by atoms with Crippen LogP contribution in [0.4, 0.5) is 0 Å². The van der Waals surface area contributed by atoms with E-state index in [0.717, 1.165) is 49.9 Å². The molecule has 6 heteroatoms. The monoisotopic (exact) mass is 316 g/mol. The lowest BCUT2D eigenvalue weighted by Crippen LogP contribution is -2.38. The van der Waals surface area contributed by atoms with Crippen molar-refractivity contribution in [3.8, 4) is 0 Å². The molecule has 0 aromatic carbocycles. The molecule has 2 aromatic heterocycles. The molecule has 6 nitrogen and oxygen atoms in total. The molecule has 0 atom stereocenters. The van der Waals surface area contributed by atoms with Crippen molar-refractivity contribution in [3.63, 3.8) is 0 Å². The third-order valence-electron chi connectivity index (χ3n) is 3.65. The van der Waals surface area contributed by atoms with Gasteiger partial charge >= 0.3 is 0 Å². The molecule has 2 heterocycles. The van der Waals surface area contributed by atoms with E-state index in [4.69, 9.17) is 0 Å². The number of hydrogen-bond donors (Lipinski definition) is 2.